The van der Waals surface area contributed by atoms with E-state index in [1.54, 1.807) is 18.2 Å². The Kier molecular flexibility index (Phi) is 4.75. The van der Waals surface area contributed by atoms with Gasteiger partial charge in [-0.05, 0) is 28.7 Å². The minimum atomic E-state index is -0.0868. The van der Waals surface area contributed by atoms with Gasteiger partial charge in [-0.25, -0.2) is 0 Å². The average Bonchev–Trinajstić information content (AvgIpc) is 2.42. The molecule has 0 N–H and O–H groups in total. The number of rotatable bonds is 3. The van der Waals surface area contributed by atoms with Gasteiger partial charge in [0.15, 0.2) is 5.78 Å². The van der Waals surface area contributed by atoms with E-state index in [0.29, 0.717) is 15.6 Å². The second-order valence-electron chi connectivity index (χ2n) is 6.10. The summed E-state index contributed by atoms with van der Waals surface area (Å²) in [5.41, 5.74) is 2.38. The summed E-state index contributed by atoms with van der Waals surface area (Å²) in [5, 5.41) is 1.06. The summed E-state index contributed by atoms with van der Waals surface area (Å²) in [6, 6.07) is 13.0. The third-order valence-corrected chi connectivity index (χ3v) is 4.14. The van der Waals surface area contributed by atoms with E-state index in [-0.39, 0.29) is 17.6 Å². The normalized spacial score (nSPS) is 11.5. The van der Waals surface area contributed by atoms with Crippen molar-refractivity contribution < 1.29 is 4.79 Å². The van der Waals surface area contributed by atoms with Crippen LogP contribution in [0.1, 0.15) is 42.3 Å². The van der Waals surface area contributed by atoms with Crippen molar-refractivity contribution >= 4 is 29.0 Å². The molecule has 2 rings (SSSR count). The number of ketones is 1. The molecule has 2 aromatic rings. The number of hydrogen-bond donors (Lipinski definition) is 0. The molecule has 0 radical (unpaired) electrons. The maximum atomic E-state index is 12.7. The van der Waals surface area contributed by atoms with Gasteiger partial charge in [0.2, 0.25) is 0 Å². The Morgan fingerprint density at radius 3 is 2.10 bits per heavy atom. The molecule has 1 nitrogen and oxygen atoms in total. The van der Waals surface area contributed by atoms with Crippen LogP contribution in [0.5, 0.6) is 0 Å². The lowest BCUT2D eigenvalue weighted by Gasteiger charge is -2.22. The van der Waals surface area contributed by atoms with Crippen molar-refractivity contribution in [2.24, 2.45) is 0 Å². The number of hydrogen-bond acceptors (Lipinski definition) is 1. The third-order valence-electron chi connectivity index (χ3n) is 3.43. The smallest absolute Gasteiger partial charge is 0.167 e. The van der Waals surface area contributed by atoms with E-state index in [2.05, 4.69) is 20.8 Å². The summed E-state index contributed by atoms with van der Waals surface area (Å²) >= 11 is 12.3. The topological polar surface area (TPSA) is 17.1 Å². The highest BCUT2D eigenvalue weighted by Crippen LogP contribution is 2.29. The lowest BCUT2D eigenvalue weighted by molar-refractivity contribution is 0.0991. The Bertz CT molecular complexity index is 649. The molecule has 2 aromatic carbocycles. The minimum Gasteiger partial charge on any atom is -0.294 e. The highest BCUT2D eigenvalue weighted by Gasteiger charge is 2.22. The molecule has 0 heterocycles. The Hall–Kier alpha value is -1.31. The second kappa shape index (κ2) is 6.21. The molecule has 21 heavy (non-hydrogen) atoms. The van der Waals surface area contributed by atoms with Gasteiger partial charge < -0.3 is 0 Å². The average molecular weight is 321 g/mol. The summed E-state index contributed by atoms with van der Waals surface area (Å²) in [6.07, 6.45) is 0.214. The maximum absolute atomic E-state index is 12.7. The maximum Gasteiger partial charge on any atom is 0.167 e. The van der Waals surface area contributed by atoms with Crippen molar-refractivity contribution in [1.82, 2.24) is 0 Å². The van der Waals surface area contributed by atoms with Crippen LogP contribution in [0.25, 0.3) is 0 Å². The van der Waals surface area contributed by atoms with E-state index < -0.39 is 0 Å². The van der Waals surface area contributed by atoms with Crippen LogP contribution in [0.3, 0.4) is 0 Å². The largest absolute Gasteiger partial charge is 0.294 e. The van der Waals surface area contributed by atoms with E-state index in [1.165, 1.54) is 0 Å². The molecule has 0 aliphatic heterocycles. The van der Waals surface area contributed by atoms with Gasteiger partial charge in [-0.1, -0.05) is 74.3 Å². The number of benzene rings is 2. The quantitative estimate of drug-likeness (QED) is 0.661. The van der Waals surface area contributed by atoms with E-state index >= 15 is 0 Å². The first-order valence-electron chi connectivity index (χ1n) is 6.86. The first-order valence-corrected chi connectivity index (χ1v) is 7.62. The zero-order valence-electron chi connectivity index (χ0n) is 12.4. The van der Waals surface area contributed by atoms with Gasteiger partial charge in [0.1, 0.15) is 0 Å². The molecule has 0 saturated heterocycles. The molecule has 0 aliphatic carbocycles. The summed E-state index contributed by atoms with van der Waals surface area (Å²) in [7, 11) is 0. The standard InChI is InChI=1S/C18H18Cl2O/c1-18(2,3)14-8-5-4-7-12(14)17(21)11-13-15(19)9-6-10-16(13)20/h4-10H,11H2,1-3H3. The van der Waals surface area contributed by atoms with Gasteiger partial charge in [-0.15, -0.1) is 0 Å². The van der Waals surface area contributed by atoms with Crippen LogP contribution < -0.4 is 0 Å². The molecule has 0 aliphatic rings. The van der Waals surface area contributed by atoms with Crippen molar-refractivity contribution in [3.63, 3.8) is 0 Å². The molecule has 0 amide bonds. The van der Waals surface area contributed by atoms with E-state index in [9.17, 15) is 4.79 Å². The molecular formula is C18H18Cl2O. The molecule has 110 valence electrons. The monoisotopic (exact) mass is 320 g/mol. The first kappa shape index (κ1) is 16.1. The molecule has 0 aromatic heterocycles. The molecule has 0 fully saturated rings. The van der Waals surface area contributed by atoms with Gasteiger partial charge in [-0.3, -0.25) is 4.79 Å². The van der Waals surface area contributed by atoms with Gasteiger partial charge in [0.25, 0.3) is 0 Å². The number of Topliss-reactive ketones (excluding diaryl/α,β-unsaturated/α-hetero) is 1. The predicted octanol–water partition coefficient (Wildman–Crippen LogP) is 5.72. The fourth-order valence-corrected chi connectivity index (χ4v) is 2.87. The van der Waals surface area contributed by atoms with Gasteiger partial charge >= 0.3 is 0 Å². The highest BCUT2D eigenvalue weighted by atomic mass is 35.5. The molecule has 0 bridgehead atoms. The van der Waals surface area contributed by atoms with E-state index in [1.807, 2.05) is 24.3 Å². The fourth-order valence-electron chi connectivity index (χ4n) is 2.34. The van der Waals surface area contributed by atoms with Crippen LogP contribution in [0.15, 0.2) is 42.5 Å². The zero-order chi connectivity index (χ0) is 15.6. The van der Waals surface area contributed by atoms with Crippen LogP contribution in [0, 0.1) is 0 Å². The number of carbonyl (C=O) groups is 1. The fraction of sp³-hybridized carbons (Fsp3) is 0.278. The summed E-state index contributed by atoms with van der Waals surface area (Å²) in [6.45, 7) is 6.30. The molecule has 0 saturated carbocycles. The number of halogens is 2. The van der Waals surface area contributed by atoms with Crippen LogP contribution in [-0.2, 0) is 11.8 Å². The minimum absolute atomic E-state index is 0.0375. The Morgan fingerprint density at radius 2 is 1.52 bits per heavy atom. The van der Waals surface area contributed by atoms with Crippen molar-refractivity contribution in [2.75, 3.05) is 0 Å². The van der Waals surface area contributed by atoms with E-state index in [4.69, 9.17) is 23.2 Å². The number of carbonyl (C=O) groups excluding carboxylic acids is 1. The van der Waals surface area contributed by atoms with Crippen LogP contribution in [0.4, 0.5) is 0 Å². The first-order chi connectivity index (χ1) is 9.80. The molecular weight excluding hydrogens is 303 g/mol. The predicted molar refractivity (Wildman–Crippen MR) is 89.6 cm³/mol. The van der Waals surface area contributed by atoms with Crippen molar-refractivity contribution in [3.05, 3.63) is 69.2 Å². The SMILES string of the molecule is CC(C)(C)c1ccccc1C(=O)Cc1c(Cl)cccc1Cl. The lowest BCUT2D eigenvalue weighted by Crippen LogP contribution is -2.18. The molecule has 0 spiro atoms. The van der Waals surface area contributed by atoms with E-state index in [0.717, 1.165) is 11.1 Å². The van der Waals surface area contributed by atoms with Crippen LogP contribution in [0.2, 0.25) is 10.0 Å². The molecule has 0 unspecified atom stereocenters. The van der Waals surface area contributed by atoms with Crippen molar-refractivity contribution in [2.45, 2.75) is 32.6 Å². The highest BCUT2D eigenvalue weighted by molar-refractivity contribution is 6.36. The molecule has 3 heteroatoms. The summed E-state index contributed by atoms with van der Waals surface area (Å²) in [4.78, 5) is 12.7. The lowest BCUT2D eigenvalue weighted by atomic mass is 9.82. The van der Waals surface area contributed by atoms with Crippen molar-refractivity contribution in [1.29, 1.82) is 0 Å². The second-order valence-corrected chi connectivity index (χ2v) is 6.91. The Balaban J connectivity index is 2.38. The third kappa shape index (κ3) is 3.66. The van der Waals surface area contributed by atoms with Crippen molar-refractivity contribution in [3.8, 4) is 0 Å². The van der Waals surface area contributed by atoms with Crippen LogP contribution >= 0.6 is 23.2 Å². The Labute approximate surface area is 135 Å². The van der Waals surface area contributed by atoms with Crippen LogP contribution in [-0.4, -0.2) is 5.78 Å². The summed E-state index contributed by atoms with van der Waals surface area (Å²) in [5.74, 6) is 0.0375. The summed E-state index contributed by atoms with van der Waals surface area (Å²) < 4.78 is 0. The zero-order valence-corrected chi connectivity index (χ0v) is 13.9. The van der Waals surface area contributed by atoms with Gasteiger partial charge in [0, 0.05) is 22.0 Å². The Morgan fingerprint density at radius 1 is 0.952 bits per heavy atom. The van der Waals surface area contributed by atoms with Gasteiger partial charge in [0.05, 0.1) is 0 Å². The van der Waals surface area contributed by atoms with Gasteiger partial charge in [-0.2, -0.15) is 0 Å². The molecule has 0 atom stereocenters.